The maximum absolute atomic E-state index is 3.60. The molecule has 29 heavy (non-hydrogen) atoms. The molecular weight excluding hydrogens is 370 g/mol. The summed E-state index contributed by atoms with van der Waals surface area (Å²) in [6.07, 6.45) is 0. The van der Waals surface area contributed by atoms with Crippen molar-refractivity contribution in [3.8, 4) is 11.1 Å². The van der Waals surface area contributed by atoms with Crippen LogP contribution in [0.5, 0.6) is 0 Å². The smallest absolute Gasteiger partial charge is 0.0479 e. The molecule has 2 heteroatoms. The fourth-order valence-electron chi connectivity index (χ4n) is 5.41. The van der Waals surface area contributed by atoms with Crippen molar-refractivity contribution in [2.45, 2.75) is 19.3 Å². The van der Waals surface area contributed by atoms with E-state index in [2.05, 4.69) is 91.6 Å². The van der Waals surface area contributed by atoms with Gasteiger partial charge in [0.05, 0.1) is 0 Å². The zero-order chi connectivity index (χ0) is 19.3. The molecule has 7 rings (SSSR count). The highest BCUT2D eigenvalue weighted by molar-refractivity contribution is 7.27. The number of benzene rings is 4. The fraction of sp³-hybridized carbons (Fsp3) is 0.111. The van der Waals surface area contributed by atoms with Crippen LogP contribution in [0.2, 0.25) is 0 Å². The number of fused-ring (bicyclic) bond motifs is 11. The molecule has 4 aromatic carbocycles. The number of hydrogen-bond donors (Lipinski definition) is 1. The van der Waals surface area contributed by atoms with Crippen LogP contribution in [0, 0.1) is 0 Å². The maximum atomic E-state index is 3.60. The number of hydrogen-bond acceptors (Lipinski definition) is 1. The Kier molecular flexibility index (Phi) is 2.77. The average Bonchev–Trinajstić information content (AvgIpc) is 3.36. The first-order chi connectivity index (χ1) is 14.1. The highest BCUT2D eigenvalue weighted by Crippen LogP contribution is 2.54. The number of H-pyrrole nitrogens is 1. The van der Waals surface area contributed by atoms with Gasteiger partial charge >= 0.3 is 0 Å². The van der Waals surface area contributed by atoms with E-state index >= 15 is 0 Å². The summed E-state index contributed by atoms with van der Waals surface area (Å²) in [5, 5.41) is 5.42. The lowest BCUT2D eigenvalue weighted by atomic mass is 9.82. The molecular formula is C27H19NS. The van der Waals surface area contributed by atoms with E-state index in [0.717, 1.165) is 0 Å². The SMILES string of the molecule is CC1(C)c2ccccc2-c2c1ccc1c2sc2c1ccc1[nH]c3ccccc3c12. The van der Waals surface area contributed by atoms with E-state index in [9.17, 15) is 0 Å². The molecule has 0 spiro atoms. The quantitative estimate of drug-likeness (QED) is 0.271. The summed E-state index contributed by atoms with van der Waals surface area (Å²) in [5.41, 5.74) is 8.22. The molecule has 0 saturated heterocycles. The normalized spacial score (nSPS) is 14.8. The zero-order valence-corrected chi connectivity index (χ0v) is 17.2. The molecule has 2 aromatic heterocycles. The van der Waals surface area contributed by atoms with E-state index in [0.29, 0.717) is 0 Å². The third kappa shape index (κ3) is 1.81. The summed E-state index contributed by atoms with van der Waals surface area (Å²) >= 11 is 1.96. The topological polar surface area (TPSA) is 15.8 Å². The summed E-state index contributed by atoms with van der Waals surface area (Å²) in [6.45, 7) is 4.71. The zero-order valence-electron chi connectivity index (χ0n) is 16.3. The van der Waals surface area contributed by atoms with Gasteiger partial charge in [0.25, 0.3) is 0 Å². The third-order valence-electron chi connectivity index (χ3n) is 6.82. The minimum atomic E-state index is 0.0480. The van der Waals surface area contributed by atoms with E-state index in [-0.39, 0.29) is 5.41 Å². The van der Waals surface area contributed by atoms with Crippen LogP contribution in [-0.4, -0.2) is 4.98 Å². The Morgan fingerprint density at radius 3 is 2.34 bits per heavy atom. The lowest BCUT2D eigenvalue weighted by Gasteiger charge is -2.21. The number of thiophene rings is 1. The van der Waals surface area contributed by atoms with Gasteiger partial charge in [0.15, 0.2) is 0 Å². The van der Waals surface area contributed by atoms with Crippen molar-refractivity contribution in [2.24, 2.45) is 0 Å². The molecule has 0 bridgehead atoms. The Morgan fingerprint density at radius 1 is 0.655 bits per heavy atom. The number of aromatic amines is 1. The summed E-state index contributed by atoms with van der Waals surface area (Å²) in [4.78, 5) is 3.60. The Balaban J connectivity index is 1.71. The molecule has 0 radical (unpaired) electrons. The van der Waals surface area contributed by atoms with Crippen molar-refractivity contribution in [3.05, 3.63) is 83.9 Å². The van der Waals surface area contributed by atoms with Crippen molar-refractivity contribution in [1.82, 2.24) is 4.98 Å². The first kappa shape index (κ1) is 15.8. The molecule has 2 heterocycles. The summed E-state index contributed by atoms with van der Waals surface area (Å²) < 4.78 is 2.82. The van der Waals surface area contributed by atoms with Crippen molar-refractivity contribution in [1.29, 1.82) is 0 Å². The van der Waals surface area contributed by atoms with Crippen LogP contribution in [-0.2, 0) is 5.41 Å². The Bertz CT molecular complexity index is 1630. The van der Waals surface area contributed by atoms with Crippen molar-refractivity contribution < 1.29 is 0 Å². The van der Waals surface area contributed by atoms with Gasteiger partial charge in [-0.15, -0.1) is 11.3 Å². The highest BCUT2D eigenvalue weighted by Gasteiger charge is 2.36. The number of nitrogens with one attached hydrogen (secondary N) is 1. The molecule has 0 fully saturated rings. The minimum absolute atomic E-state index is 0.0480. The second-order valence-electron chi connectivity index (χ2n) is 8.67. The van der Waals surface area contributed by atoms with Crippen molar-refractivity contribution in [2.75, 3.05) is 0 Å². The molecule has 0 amide bonds. The average molecular weight is 390 g/mol. The highest BCUT2D eigenvalue weighted by atomic mass is 32.1. The lowest BCUT2D eigenvalue weighted by Crippen LogP contribution is -2.14. The van der Waals surface area contributed by atoms with E-state index < -0.39 is 0 Å². The molecule has 0 unspecified atom stereocenters. The minimum Gasteiger partial charge on any atom is -0.354 e. The standard InChI is InChI=1S/C27H19NS/c1-27(2)19-9-5-3-7-17(19)23-20(27)13-11-15-16-12-14-22-24(26(16)29-25(15)23)18-8-4-6-10-21(18)28-22/h3-14,28H,1-2H3. The van der Waals surface area contributed by atoms with E-state index in [4.69, 9.17) is 0 Å². The second kappa shape index (κ2) is 5.08. The van der Waals surface area contributed by atoms with Crippen molar-refractivity contribution in [3.63, 3.8) is 0 Å². The van der Waals surface area contributed by atoms with E-state index in [1.54, 1.807) is 0 Å². The van der Waals surface area contributed by atoms with Crippen LogP contribution in [0.25, 0.3) is 53.1 Å². The monoisotopic (exact) mass is 389 g/mol. The second-order valence-corrected chi connectivity index (χ2v) is 9.69. The first-order valence-corrected chi connectivity index (χ1v) is 11.0. The van der Waals surface area contributed by atoms with Gasteiger partial charge in [-0.05, 0) is 28.8 Å². The van der Waals surface area contributed by atoms with Gasteiger partial charge in [0.1, 0.15) is 0 Å². The molecule has 1 N–H and O–H groups in total. The largest absolute Gasteiger partial charge is 0.354 e. The number of para-hydroxylation sites is 1. The molecule has 6 aromatic rings. The van der Waals surface area contributed by atoms with Gasteiger partial charge in [-0.25, -0.2) is 0 Å². The Labute approximate surface area is 172 Å². The van der Waals surface area contributed by atoms with Crippen LogP contribution in [0.4, 0.5) is 0 Å². The van der Waals surface area contributed by atoms with Gasteiger partial charge < -0.3 is 4.98 Å². The lowest BCUT2D eigenvalue weighted by molar-refractivity contribution is 0.661. The van der Waals surface area contributed by atoms with Gasteiger partial charge in [-0.2, -0.15) is 0 Å². The van der Waals surface area contributed by atoms with Gasteiger partial charge in [0.2, 0.25) is 0 Å². The van der Waals surface area contributed by atoms with Crippen LogP contribution >= 0.6 is 11.3 Å². The van der Waals surface area contributed by atoms with Crippen LogP contribution in [0.3, 0.4) is 0 Å². The predicted octanol–water partition coefficient (Wildman–Crippen LogP) is 8.00. The summed E-state index contributed by atoms with van der Waals surface area (Å²) in [7, 11) is 0. The molecule has 0 aliphatic heterocycles. The van der Waals surface area contributed by atoms with E-state index in [1.807, 2.05) is 11.3 Å². The van der Waals surface area contributed by atoms with Gasteiger partial charge in [0, 0.05) is 53.0 Å². The summed E-state index contributed by atoms with van der Waals surface area (Å²) in [5.74, 6) is 0. The van der Waals surface area contributed by atoms with E-state index in [1.165, 1.54) is 64.2 Å². The summed E-state index contributed by atoms with van der Waals surface area (Å²) in [6, 6.07) is 26.8. The van der Waals surface area contributed by atoms with Gasteiger partial charge in [-0.1, -0.05) is 74.5 Å². The Hall–Kier alpha value is -3.10. The molecule has 0 atom stereocenters. The molecule has 138 valence electrons. The predicted molar refractivity (Wildman–Crippen MR) is 126 cm³/mol. The van der Waals surface area contributed by atoms with Gasteiger partial charge in [-0.3, -0.25) is 0 Å². The maximum Gasteiger partial charge on any atom is 0.0479 e. The molecule has 1 nitrogen and oxygen atoms in total. The molecule has 1 aliphatic rings. The fourth-order valence-corrected chi connectivity index (χ4v) is 6.83. The van der Waals surface area contributed by atoms with Crippen LogP contribution in [0.1, 0.15) is 25.0 Å². The first-order valence-electron chi connectivity index (χ1n) is 10.1. The third-order valence-corrected chi connectivity index (χ3v) is 8.07. The van der Waals surface area contributed by atoms with Crippen LogP contribution < -0.4 is 0 Å². The number of aromatic nitrogens is 1. The number of rotatable bonds is 0. The van der Waals surface area contributed by atoms with Crippen LogP contribution in [0.15, 0.2) is 72.8 Å². The molecule has 1 aliphatic carbocycles. The molecule has 0 saturated carbocycles. The van der Waals surface area contributed by atoms with Crippen molar-refractivity contribution >= 4 is 53.3 Å². The Morgan fingerprint density at radius 2 is 1.41 bits per heavy atom.